The quantitative estimate of drug-likeness (QED) is 0.420. The molecule has 2 fully saturated rings. The summed E-state index contributed by atoms with van der Waals surface area (Å²) in [7, 11) is 0. The molecule has 3 aromatic carbocycles. The second kappa shape index (κ2) is 12.1. The van der Waals surface area contributed by atoms with Gasteiger partial charge in [0.15, 0.2) is 0 Å². The van der Waals surface area contributed by atoms with E-state index >= 15 is 0 Å². The molecule has 37 heavy (non-hydrogen) atoms. The Hall–Kier alpha value is -3.60. The normalized spacial score (nSPS) is 16.1. The maximum Gasteiger partial charge on any atom is 0.256 e. The summed E-state index contributed by atoms with van der Waals surface area (Å²) in [6.07, 6.45) is 6.57. The molecule has 0 unspecified atom stereocenters. The fourth-order valence-electron chi connectivity index (χ4n) is 5.60. The molecule has 3 aromatic rings. The Morgan fingerprint density at radius 2 is 1.43 bits per heavy atom. The minimum atomic E-state index is -0.0297. The SMILES string of the molecule is O=C(CCc1ccccc1)Nc1ccc(N2CCC(Cc3ccccc3)CC2)c(C(=O)N2CCCC2)c1. The molecular formula is C32H37N3O2. The van der Waals surface area contributed by atoms with E-state index in [4.69, 9.17) is 0 Å². The molecule has 0 aliphatic carbocycles. The van der Waals surface area contributed by atoms with Gasteiger partial charge in [-0.1, -0.05) is 60.7 Å². The van der Waals surface area contributed by atoms with Crippen LogP contribution >= 0.6 is 0 Å². The number of nitrogens with zero attached hydrogens (tertiary/aromatic N) is 2. The van der Waals surface area contributed by atoms with Crippen LogP contribution in [0.15, 0.2) is 78.9 Å². The van der Waals surface area contributed by atoms with Gasteiger partial charge in [0.1, 0.15) is 0 Å². The summed E-state index contributed by atoms with van der Waals surface area (Å²) < 4.78 is 0. The van der Waals surface area contributed by atoms with Gasteiger partial charge in [0.25, 0.3) is 5.91 Å². The van der Waals surface area contributed by atoms with Crippen molar-refractivity contribution in [2.45, 2.75) is 44.9 Å². The van der Waals surface area contributed by atoms with Crippen LogP contribution in [0, 0.1) is 5.92 Å². The number of amides is 2. The number of anilines is 2. The highest BCUT2D eigenvalue weighted by Gasteiger charge is 2.27. The van der Waals surface area contributed by atoms with Crippen molar-refractivity contribution in [1.82, 2.24) is 4.90 Å². The first-order valence-corrected chi connectivity index (χ1v) is 13.7. The van der Waals surface area contributed by atoms with Gasteiger partial charge in [-0.2, -0.15) is 0 Å². The number of likely N-dealkylation sites (tertiary alicyclic amines) is 1. The van der Waals surface area contributed by atoms with E-state index in [0.29, 0.717) is 30.0 Å². The summed E-state index contributed by atoms with van der Waals surface area (Å²) in [5.41, 5.74) is 4.96. The Kier molecular flexibility index (Phi) is 8.19. The van der Waals surface area contributed by atoms with E-state index in [2.05, 4.69) is 40.5 Å². The minimum Gasteiger partial charge on any atom is -0.371 e. The average molecular weight is 496 g/mol. The monoisotopic (exact) mass is 495 g/mol. The lowest BCUT2D eigenvalue weighted by Gasteiger charge is -2.35. The van der Waals surface area contributed by atoms with Crippen LogP contribution in [0.2, 0.25) is 0 Å². The Balaban J connectivity index is 1.27. The zero-order chi connectivity index (χ0) is 25.5. The molecule has 0 atom stereocenters. The lowest BCUT2D eigenvalue weighted by Crippen LogP contribution is -2.36. The predicted molar refractivity (Wildman–Crippen MR) is 150 cm³/mol. The third-order valence-corrected chi connectivity index (χ3v) is 7.71. The van der Waals surface area contributed by atoms with Gasteiger partial charge in [0.2, 0.25) is 5.91 Å². The number of nitrogens with one attached hydrogen (secondary N) is 1. The van der Waals surface area contributed by atoms with E-state index in [1.807, 2.05) is 53.4 Å². The maximum atomic E-state index is 13.6. The number of aryl methyl sites for hydroxylation is 1. The molecule has 2 amide bonds. The van der Waals surface area contributed by atoms with Gasteiger partial charge in [-0.25, -0.2) is 0 Å². The van der Waals surface area contributed by atoms with Crippen LogP contribution in [0.1, 0.15) is 53.6 Å². The van der Waals surface area contributed by atoms with E-state index in [9.17, 15) is 9.59 Å². The van der Waals surface area contributed by atoms with E-state index < -0.39 is 0 Å². The van der Waals surface area contributed by atoms with Crippen molar-refractivity contribution < 1.29 is 9.59 Å². The van der Waals surface area contributed by atoms with Crippen molar-refractivity contribution in [3.63, 3.8) is 0 Å². The summed E-state index contributed by atoms with van der Waals surface area (Å²) in [5, 5.41) is 3.03. The van der Waals surface area contributed by atoms with Crippen LogP contribution in [0.5, 0.6) is 0 Å². The topological polar surface area (TPSA) is 52.7 Å². The Morgan fingerprint density at radius 1 is 0.784 bits per heavy atom. The van der Waals surface area contributed by atoms with Crippen LogP contribution < -0.4 is 10.2 Å². The number of rotatable bonds is 8. The molecule has 192 valence electrons. The van der Waals surface area contributed by atoms with Crippen LogP contribution in [0.3, 0.4) is 0 Å². The molecule has 2 aliphatic heterocycles. The first-order chi connectivity index (χ1) is 18.2. The number of carbonyl (C=O) groups is 2. The number of piperidine rings is 1. The van der Waals surface area contributed by atoms with E-state index in [1.165, 1.54) is 5.56 Å². The molecule has 0 bridgehead atoms. The molecule has 2 saturated heterocycles. The summed E-state index contributed by atoms with van der Waals surface area (Å²) in [5.74, 6) is 0.719. The Morgan fingerprint density at radius 3 is 2.11 bits per heavy atom. The van der Waals surface area contributed by atoms with Crippen LogP contribution in [0.4, 0.5) is 11.4 Å². The second-order valence-electron chi connectivity index (χ2n) is 10.4. The Bertz CT molecular complexity index is 1180. The molecule has 0 radical (unpaired) electrons. The highest BCUT2D eigenvalue weighted by molar-refractivity contribution is 6.02. The van der Waals surface area contributed by atoms with Crippen molar-refractivity contribution >= 4 is 23.2 Å². The molecule has 2 heterocycles. The van der Waals surface area contributed by atoms with Crippen LogP contribution in [-0.2, 0) is 17.6 Å². The van der Waals surface area contributed by atoms with Gasteiger partial charge in [-0.3, -0.25) is 9.59 Å². The highest BCUT2D eigenvalue weighted by Crippen LogP contribution is 2.31. The van der Waals surface area contributed by atoms with Gasteiger partial charge in [-0.15, -0.1) is 0 Å². The fraction of sp³-hybridized carbons (Fsp3) is 0.375. The molecule has 0 spiro atoms. The predicted octanol–water partition coefficient (Wildman–Crippen LogP) is 5.95. The summed E-state index contributed by atoms with van der Waals surface area (Å²) in [4.78, 5) is 30.6. The van der Waals surface area contributed by atoms with Gasteiger partial charge < -0.3 is 15.1 Å². The van der Waals surface area contributed by atoms with Crippen molar-refractivity contribution in [3.8, 4) is 0 Å². The van der Waals surface area contributed by atoms with Gasteiger partial charge >= 0.3 is 0 Å². The summed E-state index contributed by atoms with van der Waals surface area (Å²) >= 11 is 0. The average Bonchev–Trinajstić information content (AvgIpc) is 3.48. The number of carbonyl (C=O) groups excluding carboxylic acids is 2. The van der Waals surface area contributed by atoms with E-state index in [0.717, 1.165) is 69.5 Å². The lowest BCUT2D eigenvalue weighted by atomic mass is 9.89. The van der Waals surface area contributed by atoms with Crippen molar-refractivity contribution in [3.05, 3.63) is 95.6 Å². The molecular weight excluding hydrogens is 458 g/mol. The highest BCUT2D eigenvalue weighted by atomic mass is 16.2. The second-order valence-corrected chi connectivity index (χ2v) is 10.4. The van der Waals surface area contributed by atoms with Gasteiger partial charge in [0.05, 0.1) is 5.56 Å². The molecule has 0 aromatic heterocycles. The molecule has 0 saturated carbocycles. The molecule has 5 nitrogen and oxygen atoms in total. The minimum absolute atomic E-state index is 0.0297. The third kappa shape index (κ3) is 6.59. The third-order valence-electron chi connectivity index (χ3n) is 7.71. The largest absolute Gasteiger partial charge is 0.371 e. The maximum absolute atomic E-state index is 13.6. The van der Waals surface area contributed by atoms with E-state index in [-0.39, 0.29) is 11.8 Å². The van der Waals surface area contributed by atoms with Crippen LogP contribution in [0.25, 0.3) is 0 Å². The van der Waals surface area contributed by atoms with Crippen molar-refractivity contribution in [2.75, 3.05) is 36.4 Å². The molecule has 2 aliphatic rings. The standard InChI is InChI=1S/C32H37N3O2/c36-31(16-13-25-9-3-1-4-10-25)33-28-14-15-30(29(24-28)32(37)35-19-7-8-20-35)34-21-17-27(18-22-34)23-26-11-5-2-6-12-26/h1-6,9-12,14-15,24,27H,7-8,13,16-23H2,(H,33,36). The van der Waals surface area contributed by atoms with Crippen LogP contribution in [-0.4, -0.2) is 42.9 Å². The van der Waals surface area contributed by atoms with E-state index in [1.54, 1.807) is 0 Å². The summed E-state index contributed by atoms with van der Waals surface area (Å²) in [6.45, 7) is 3.51. The number of benzene rings is 3. The van der Waals surface area contributed by atoms with Gasteiger partial charge in [0, 0.05) is 44.0 Å². The van der Waals surface area contributed by atoms with Crippen molar-refractivity contribution in [2.24, 2.45) is 5.92 Å². The zero-order valence-corrected chi connectivity index (χ0v) is 21.6. The summed E-state index contributed by atoms with van der Waals surface area (Å²) in [6, 6.07) is 26.7. The first kappa shape index (κ1) is 25.1. The molecule has 1 N–H and O–H groups in total. The Labute approximate surface area is 220 Å². The fourth-order valence-corrected chi connectivity index (χ4v) is 5.60. The zero-order valence-electron chi connectivity index (χ0n) is 21.6. The molecule has 5 rings (SSSR count). The number of hydrogen-bond acceptors (Lipinski definition) is 3. The van der Waals surface area contributed by atoms with Crippen molar-refractivity contribution in [1.29, 1.82) is 0 Å². The first-order valence-electron chi connectivity index (χ1n) is 13.7. The van der Waals surface area contributed by atoms with Gasteiger partial charge in [-0.05, 0) is 73.8 Å². The lowest BCUT2D eigenvalue weighted by molar-refractivity contribution is -0.116. The molecule has 5 heteroatoms. The smallest absolute Gasteiger partial charge is 0.256 e. The number of hydrogen-bond donors (Lipinski definition) is 1.